The Morgan fingerprint density at radius 2 is 1.92 bits per heavy atom. The topological polar surface area (TPSA) is 66.8 Å². The molecule has 0 spiro atoms. The zero-order valence-corrected chi connectivity index (χ0v) is 6.74. The highest BCUT2D eigenvalue weighted by Gasteiger charge is 2.15. The van der Waals surface area contributed by atoms with Gasteiger partial charge in [-0.1, -0.05) is 0 Å². The summed E-state index contributed by atoms with van der Waals surface area (Å²) in [4.78, 5) is 10.8. The number of hydrogen-bond acceptors (Lipinski definition) is 4. The summed E-state index contributed by atoms with van der Waals surface area (Å²) in [6.07, 6.45) is 0. The van der Waals surface area contributed by atoms with Gasteiger partial charge in [-0.25, -0.2) is 9.18 Å². The third-order valence-electron chi connectivity index (χ3n) is 1.47. The number of methoxy groups -OCH3 is 1. The van der Waals surface area contributed by atoms with Gasteiger partial charge in [0.05, 0.1) is 12.7 Å². The number of phenolic OH excluding ortho intramolecular Hbond substituents is 2. The smallest absolute Gasteiger partial charge is 0.340 e. The molecule has 0 unspecified atom stereocenters. The van der Waals surface area contributed by atoms with Crippen LogP contribution < -0.4 is 0 Å². The first-order valence-electron chi connectivity index (χ1n) is 3.36. The van der Waals surface area contributed by atoms with Gasteiger partial charge in [0, 0.05) is 12.1 Å². The number of rotatable bonds is 1. The summed E-state index contributed by atoms with van der Waals surface area (Å²) in [5, 5.41) is 17.8. The highest BCUT2D eigenvalue weighted by molar-refractivity contribution is 5.90. The maximum absolute atomic E-state index is 12.9. The van der Waals surface area contributed by atoms with Crippen LogP contribution in [0.2, 0.25) is 0 Å². The van der Waals surface area contributed by atoms with E-state index >= 15 is 0 Å². The Hall–Kier alpha value is -1.78. The van der Waals surface area contributed by atoms with Crippen LogP contribution in [-0.2, 0) is 4.74 Å². The molecule has 0 bridgehead atoms. The largest absolute Gasteiger partial charge is 0.504 e. The molecule has 5 heteroatoms. The van der Waals surface area contributed by atoms with Crippen LogP contribution in [0, 0.1) is 5.82 Å². The van der Waals surface area contributed by atoms with Crippen molar-refractivity contribution in [2.45, 2.75) is 0 Å². The number of ether oxygens (including phenoxy) is 1. The molecule has 0 aromatic heterocycles. The molecule has 0 atom stereocenters. The van der Waals surface area contributed by atoms with E-state index in [1.165, 1.54) is 0 Å². The minimum absolute atomic E-state index is 0.419. The lowest BCUT2D eigenvalue weighted by molar-refractivity contribution is 0.0595. The summed E-state index contributed by atoms with van der Waals surface area (Å²) in [7, 11) is 1.09. The average Bonchev–Trinajstić information content (AvgIpc) is 2.10. The fourth-order valence-electron chi connectivity index (χ4n) is 0.818. The monoisotopic (exact) mass is 186 g/mol. The van der Waals surface area contributed by atoms with E-state index in [2.05, 4.69) is 4.74 Å². The molecular formula is C8H7FO4. The van der Waals surface area contributed by atoms with E-state index in [1.807, 2.05) is 0 Å². The summed E-state index contributed by atoms with van der Waals surface area (Å²) in [6, 6.07) is 1.44. The summed E-state index contributed by atoms with van der Waals surface area (Å²) < 4.78 is 17.1. The predicted molar refractivity (Wildman–Crippen MR) is 41.1 cm³/mol. The van der Waals surface area contributed by atoms with Crippen LogP contribution in [0.3, 0.4) is 0 Å². The highest BCUT2D eigenvalue weighted by Crippen LogP contribution is 2.27. The van der Waals surface area contributed by atoms with Crippen molar-refractivity contribution in [2.24, 2.45) is 0 Å². The number of halogens is 1. The molecule has 0 saturated heterocycles. The fraction of sp³-hybridized carbons (Fsp3) is 0.125. The normalized spacial score (nSPS) is 9.69. The Kier molecular flexibility index (Phi) is 2.36. The number of benzene rings is 1. The van der Waals surface area contributed by atoms with Crippen LogP contribution in [0.1, 0.15) is 10.4 Å². The zero-order valence-electron chi connectivity index (χ0n) is 6.74. The first-order chi connectivity index (χ1) is 6.06. The Labute approximate surface area is 73.2 Å². The number of aromatic hydroxyl groups is 2. The number of phenols is 2. The van der Waals surface area contributed by atoms with Gasteiger partial charge in [0.1, 0.15) is 5.82 Å². The van der Waals surface area contributed by atoms with Crippen molar-refractivity contribution >= 4 is 5.97 Å². The molecule has 1 aromatic rings. The van der Waals surface area contributed by atoms with Gasteiger partial charge in [0.15, 0.2) is 11.5 Å². The summed E-state index contributed by atoms with van der Waals surface area (Å²) in [6.45, 7) is 0. The van der Waals surface area contributed by atoms with Crippen molar-refractivity contribution in [3.8, 4) is 11.5 Å². The van der Waals surface area contributed by atoms with Crippen LogP contribution in [0.4, 0.5) is 4.39 Å². The SMILES string of the molecule is COC(=O)c1cc(O)c(O)cc1F. The van der Waals surface area contributed by atoms with Crippen LogP contribution in [0.25, 0.3) is 0 Å². The molecule has 13 heavy (non-hydrogen) atoms. The molecule has 0 saturated carbocycles. The van der Waals surface area contributed by atoms with Gasteiger partial charge in [-0.3, -0.25) is 0 Å². The van der Waals surface area contributed by atoms with Gasteiger partial charge in [0.2, 0.25) is 0 Å². The Morgan fingerprint density at radius 3 is 2.46 bits per heavy atom. The molecule has 0 aliphatic heterocycles. The third kappa shape index (κ3) is 1.69. The van der Waals surface area contributed by atoms with Crippen LogP contribution in [0.15, 0.2) is 12.1 Å². The zero-order chi connectivity index (χ0) is 10.0. The Bertz CT molecular complexity index is 348. The molecule has 0 fully saturated rings. The fourth-order valence-corrected chi connectivity index (χ4v) is 0.818. The second-order valence-electron chi connectivity index (χ2n) is 2.31. The minimum Gasteiger partial charge on any atom is -0.504 e. The van der Waals surface area contributed by atoms with Crippen molar-refractivity contribution in [3.63, 3.8) is 0 Å². The van der Waals surface area contributed by atoms with E-state index in [1.54, 1.807) is 0 Å². The van der Waals surface area contributed by atoms with Crippen LogP contribution in [0.5, 0.6) is 11.5 Å². The third-order valence-corrected chi connectivity index (χ3v) is 1.47. The molecule has 1 aromatic carbocycles. The lowest BCUT2D eigenvalue weighted by atomic mass is 10.2. The first-order valence-corrected chi connectivity index (χ1v) is 3.36. The van der Waals surface area contributed by atoms with Crippen molar-refractivity contribution in [3.05, 3.63) is 23.5 Å². The molecule has 0 radical (unpaired) electrons. The van der Waals surface area contributed by atoms with Crippen molar-refractivity contribution in [1.29, 1.82) is 0 Å². The van der Waals surface area contributed by atoms with Gasteiger partial charge < -0.3 is 14.9 Å². The van der Waals surface area contributed by atoms with Crippen molar-refractivity contribution in [1.82, 2.24) is 0 Å². The molecule has 70 valence electrons. The summed E-state index contributed by atoms with van der Waals surface area (Å²) in [5.41, 5.74) is -0.419. The summed E-state index contributed by atoms with van der Waals surface area (Å²) >= 11 is 0. The second kappa shape index (κ2) is 3.30. The molecule has 1 rings (SSSR count). The minimum atomic E-state index is -0.942. The van der Waals surface area contributed by atoms with Gasteiger partial charge in [0.25, 0.3) is 0 Å². The van der Waals surface area contributed by atoms with E-state index in [4.69, 9.17) is 10.2 Å². The maximum atomic E-state index is 12.9. The van der Waals surface area contributed by atoms with E-state index < -0.39 is 28.8 Å². The quantitative estimate of drug-likeness (QED) is 0.507. The average molecular weight is 186 g/mol. The van der Waals surface area contributed by atoms with E-state index in [0.29, 0.717) is 6.07 Å². The maximum Gasteiger partial charge on any atom is 0.340 e. The van der Waals surface area contributed by atoms with Gasteiger partial charge >= 0.3 is 5.97 Å². The molecule has 4 nitrogen and oxygen atoms in total. The number of carbonyl (C=O) groups excluding carboxylic acids is 1. The van der Waals surface area contributed by atoms with Gasteiger partial charge in [-0.15, -0.1) is 0 Å². The van der Waals surface area contributed by atoms with E-state index in [-0.39, 0.29) is 0 Å². The van der Waals surface area contributed by atoms with Gasteiger partial charge in [-0.2, -0.15) is 0 Å². The predicted octanol–water partition coefficient (Wildman–Crippen LogP) is 1.02. The standard InChI is InChI=1S/C8H7FO4/c1-13-8(12)4-2-6(10)7(11)3-5(4)9/h2-3,10-11H,1H3. The van der Waals surface area contributed by atoms with Crippen LogP contribution >= 0.6 is 0 Å². The molecule has 0 heterocycles. The van der Waals surface area contributed by atoms with Crippen molar-refractivity contribution in [2.75, 3.05) is 7.11 Å². The number of carbonyl (C=O) groups is 1. The molecule has 0 aliphatic rings. The molecule has 0 amide bonds. The Morgan fingerprint density at radius 1 is 1.38 bits per heavy atom. The van der Waals surface area contributed by atoms with E-state index in [0.717, 1.165) is 13.2 Å². The molecule has 0 aliphatic carbocycles. The molecule has 2 N–H and O–H groups in total. The second-order valence-corrected chi connectivity index (χ2v) is 2.31. The first kappa shape index (κ1) is 9.31. The van der Waals surface area contributed by atoms with E-state index in [9.17, 15) is 9.18 Å². The molecular weight excluding hydrogens is 179 g/mol. The lowest BCUT2D eigenvalue weighted by Gasteiger charge is -2.02. The number of esters is 1. The highest BCUT2D eigenvalue weighted by atomic mass is 19.1. The van der Waals surface area contributed by atoms with Crippen molar-refractivity contribution < 1.29 is 24.1 Å². The summed E-state index contributed by atoms with van der Waals surface area (Å²) in [5.74, 6) is -3.04. The number of hydrogen-bond donors (Lipinski definition) is 2. The van der Waals surface area contributed by atoms with Crippen LogP contribution in [-0.4, -0.2) is 23.3 Å². The van der Waals surface area contributed by atoms with Gasteiger partial charge in [-0.05, 0) is 0 Å². The Balaban J connectivity index is 3.23. The lowest BCUT2D eigenvalue weighted by Crippen LogP contribution is -2.03.